The van der Waals surface area contributed by atoms with Gasteiger partial charge in [-0.25, -0.2) is 0 Å². The van der Waals surface area contributed by atoms with E-state index in [2.05, 4.69) is 21.2 Å². The SMILES string of the molecule is O=C1CCNc2c1ccc(Cl)c2Br. The summed E-state index contributed by atoms with van der Waals surface area (Å²) in [7, 11) is 0. The number of Topliss-reactive ketones (excluding diaryl/α,β-unsaturated/α-hetero) is 1. The summed E-state index contributed by atoms with van der Waals surface area (Å²) in [6, 6.07) is 3.49. The molecule has 2 nitrogen and oxygen atoms in total. The first-order chi connectivity index (χ1) is 6.20. The van der Waals surface area contributed by atoms with Gasteiger partial charge in [-0.2, -0.15) is 0 Å². The van der Waals surface area contributed by atoms with Gasteiger partial charge in [0.2, 0.25) is 0 Å². The van der Waals surface area contributed by atoms with Crippen LogP contribution in [0.1, 0.15) is 16.8 Å². The van der Waals surface area contributed by atoms with Crippen LogP contribution in [0.15, 0.2) is 16.6 Å². The van der Waals surface area contributed by atoms with Crippen LogP contribution in [0.2, 0.25) is 5.02 Å². The van der Waals surface area contributed by atoms with Gasteiger partial charge >= 0.3 is 0 Å². The summed E-state index contributed by atoms with van der Waals surface area (Å²) in [4.78, 5) is 11.4. The highest BCUT2D eigenvalue weighted by atomic mass is 79.9. The summed E-state index contributed by atoms with van der Waals surface area (Å²) in [6.45, 7) is 0.685. The number of ketones is 1. The van der Waals surface area contributed by atoms with Gasteiger partial charge in [0, 0.05) is 18.5 Å². The number of carbonyl (C=O) groups is 1. The molecule has 1 heterocycles. The monoisotopic (exact) mass is 259 g/mol. The van der Waals surface area contributed by atoms with Crippen LogP contribution < -0.4 is 5.32 Å². The van der Waals surface area contributed by atoms with Crippen molar-refractivity contribution in [2.75, 3.05) is 11.9 Å². The molecule has 1 N–H and O–H groups in total. The number of hydrogen-bond acceptors (Lipinski definition) is 2. The van der Waals surface area contributed by atoms with E-state index in [-0.39, 0.29) is 5.78 Å². The van der Waals surface area contributed by atoms with Gasteiger partial charge < -0.3 is 5.32 Å². The molecule has 4 heteroatoms. The molecule has 0 aliphatic carbocycles. The van der Waals surface area contributed by atoms with E-state index in [4.69, 9.17) is 11.6 Å². The average Bonchev–Trinajstić information content (AvgIpc) is 2.12. The van der Waals surface area contributed by atoms with E-state index in [9.17, 15) is 4.79 Å². The molecule has 1 aliphatic rings. The minimum absolute atomic E-state index is 0.172. The number of nitrogens with one attached hydrogen (secondary N) is 1. The van der Waals surface area contributed by atoms with E-state index in [1.54, 1.807) is 12.1 Å². The van der Waals surface area contributed by atoms with Crippen molar-refractivity contribution in [1.29, 1.82) is 0 Å². The fourth-order valence-corrected chi connectivity index (χ4v) is 2.03. The highest BCUT2D eigenvalue weighted by Crippen LogP contribution is 2.35. The highest BCUT2D eigenvalue weighted by molar-refractivity contribution is 9.10. The molecule has 1 aromatic rings. The van der Waals surface area contributed by atoms with E-state index in [1.807, 2.05) is 0 Å². The van der Waals surface area contributed by atoms with Crippen molar-refractivity contribution in [1.82, 2.24) is 0 Å². The quantitative estimate of drug-likeness (QED) is 0.776. The zero-order chi connectivity index (χ0) is 9.42. The van der Waals surface area contributed by atoms with Crippen molar-refractivity contribution in [3.63, 3.8) is 0 Å². The summed E-state index contributed by atoms with van der Waals surface area (Å²) in [5, 5.41) is 3.78. The number of carbonyl (C=O) groups excluding carboxylic acids is 1. The Morgan fingerprint density at radius 1 is 1.46 bits per heavy atom. The van der Waals surface area contributed by atoms with E-state index in [0.717, 1.165) is 15.7 Å². The molecule has 13 heavy (non-hydrogen) atoms. The van der Waals surface area contributed by atoms with E-state index >= 15 is 0 Å². The Bertz CT molecular complexity index is 378. The van der Waals surface area contributed by atoms with Crippen molar-refractivity contribution < 1.29 is 4.79 Å². The molecule has 68 valence electrons. The maximum Gasteiger partial charge on any atom is 0.166 e. The third kappa shape index (κ3) is 1.46. The topological polar surface area (TPSA) is 29.1 Å². The second-order valence-corrected chi connectivity index (χ2v) is 4.08. The van der Waals surface area contributed by atoms with Gasteiger partial charge in [-0.1, -0.05) is 11.6 Å². The maximum absolute atomic E-state index is 11.4. The molecule has 0 unspecified atom stereocenters. The predicted molar refractivity (Wildman–Crippen MR) is 56.6 cm³/mol. The molecule has 0 aromatic heterocycles. The Balaban J connectivity index is 2.63. The largest absolute Gasteiger partial charge is 0.383 e. The molecule has 0 saturated heterocycles. The minimum atomic E-state index is 0.172. The van der Waals surface area contributed by atoms with Crippen molar-refractivity contribution >= 4 is 39.0 Å². The lowest BCUT2D eigenvalue weighted by molar-refractivity contribution is 0.0983. The number of rotatable bonds is 0. The van der Waals surface area contributed by atoms with Gasteiger partial charge in [-0.3, -0.25) is 4.79 Å². The smallest absolute Gasteiger partial charge is 0.166 e. The van der Waals surface area contributed by atoms with Crippen LogP contribution in [0.4, 0.5) is 5.69 Å². The van der Waals surface area contributed by atoms with E-state index in [0.29, 0.717) is 18.0 Å². The standard InChI is InChI=1S/C9H7BrClNO/c10-8-6(11)2-1-5-7(13)3-4-12-9(5)8/h1-2,12H,3-4H2. The van der Waals surface area contributed by atoms with Gasteiger partial charge in [0.05, 0.1) is 15.2 Å². The summed E-state index contributed by atoms with van der Waals surface area (Å²) in [5.41, 5.74) is 1.55. The lowest BCUT2D eigenvalue weighted by Crippen LogP contribution is -2.18. The second kappa shape index (κ2) is 3.31. The number of fused-ring (bicyclic) bond motifs is 1. The molecule has 0 amide bonds. The van der Waals surface area contributed by atoms with Crippen molar-refractivity contribution in [3.05, 3.63) is 27.2 Å². The summed E-state index contributed by atoms with van der Waals surface area (Å²) >= 11 is 9.24. The first-order valence-electron chi connectivity index (χ1n) is 3.95. The number of anilines is 1. The molecular formula is C9H7BrClNO. The predicted octanol–water partition coefficient (Wildman–Crippen LogP) is 3.10. The van der Waals surface area contributed by atoms with Gasteiger partial charge in [0.25, 0.3) is 0 Å². The fraction of sp³-hybridized carbons (Fsp3) is 0.222. The summed E-state index contributed by atoms with van der Waals surface area (Å²) in [6.07, 6.45) is 0.557. The summed E-state index contributed by atoms with van der Waals surface area (Å²) < 4.78 is 0.778. The summed E-state index contributed by atoms with van der Waals surface area (Å²) in [5.74, 6) is 0.172. The van der Waals surface area contributed by atoms with Crippen LogP contribution in [0.25, 0.3) is 0 Å². The molecule has 2 rings (SSSR count). The lowest BCUT2D eigenvalue weighted by Gasteiger charge is -2.18. The molecule has 1 aromatic carbocycles. The molecule has 0 bridgehead atoms. The molecule has 0 radical (unpaired) electrons. The molecule has 0 spiro atoms. The van der Waals surface area contributed by atoms with Crippen molar-refractivity contribution in [2.24, 2.45) is 0 Å². The Morgan fingerprint density at radius 2 is 2.23 bits per heavy atom. The highest BCUT2D eigenvalue weighted by Gasteiger charge is 2.19. The molecule has 0 atom stereocenters. The zero-order valence-corrected chi connectivity index (χ0v) is 9.08. The Morgan fingerprint density at radius 3 is 3.00 bits per heavy atom. The van der Waals surface area contributed by atoms with Gasteiger partial charge in [-0.05, 0) is 28.1 Å². The molecule has 0 saturated carbocycles. The zero-order valence-electron chi connectivity index (χ0n) is 6.73. The van der Waals surface area contributed by atoms with Crippen molar-refractivity contribution in [2.45, 2.75) is 6.42 Å². The van der Waals surface area contributed by atoms with Crippen LogP contribution in [-0.4, -0.2) is 12.3 Å². The number of hydrogen-bond donors (Lipinski definition) is 1. The molecule has 1 aliphatic heterocycles. The van der Waals surface area contributed by atoms with Gasteiger partial charge in [0.1, 0.15) is 0 Å². The maximum atomic E-state index is 11.4. The number of benzene rings is 1. The average molecular weight is 261 g/mol. The van der Waals surface area contributed by atoms with Gasteiger partial charge in [0.15, 0.2) is 5.78 Å². The van der Waals surface area contributed by atoms with Crippen molar-refractivity contribution in [3.8, 4) is 0 Å². The lowest BCUT2D eigenvalue weighted by atomic mass is 10.0. The first kappa shape index (κ1) is 9.03. The first-order valence-corrected chi connectivity index (χ1v) is 5.12. The van der Waals surface area contributed by atoms with Gasteiger partial charge in [-0.15, -0.1) is 0 Å². The Labute approximate surface area is 89.4 Å². The van der Waals surface area contributed by atoms with Crippen LogP contribution in [-0.2, 0) is 0 Å². The number of halogens is 2. The third-order valence-electron chi connectivity index (χ3n) is 2.05. The second-order valence-electron chi connectivity index (χ2n) is 2.88. The fourth-order valence-electron chi connectivity index (χ4n) is 1.39. The van der Waals surface area contributed by atoms with E-state index < -0.39 is 0 Å². The Hall–Kier alpha value is -0.540. The Kier molecular flexibility index (Phi) is 2.30. The van der Waals surface area contributed by atoms with E-state index in [1.165, 1.54) is 0 Å². The normalized spacial score (nSPS) is 15.1. The molecular weight excluding hydrogens is 253 g/mol. The van der Waals surface area contributed by atoms with Crippen LogP contribution >= 0.6 is 27.5 Å². The minimum Gasteiger partial charge on any atom is -0.383 e. The van der Waals surface area contributed by atoms with Crippen LogP contribution in [0.3, 0.4) is 0 Å². The molecule has 0 fully saturated rings. The van der Waals surface area contributed by atoms with Crippen LogP contribution in [0, 0.1) is 0 Å². The third-order valence-corrected chi connectivity index (χ3v) is 3.42. The van der Waals surface area contributed by atoms with Crippen LogP contribution in [0.5, 0.6) is 0 Å².